The van der Waals surface area contributed by atoms with Crippen LogP contribution in [0.3, 0.4) is 0 Å². The zero-order valence-electron chi connectivity index (χ0n) is 21.1. The van der Waals surface area contributed by atoms with E-state index in [9.17, 15) is 18.0 Å². The van der Waals surface area contributed by atoms with Crippen LogP contribution in [0.4, 0.5) is 13.2 Å². The zero-order valence-corrected chi connectivity index (χ0v) is 21.1. The molecule has 5 rings (SSSR count). The molecule has 2 aliphatic heterocycles. The molecule has 1 aromatic heterocycles. The summed E-state index contributed by atoms with van der Waals surface area (Å²) in [5.74, 6) is 1.11. The minimum atomic E-state index is -4.45. The molecule has 2 unspecified atom stereocenters. The largest absolute Gasteiger partial charge is 0.487 e. The Balaban J connectivity index is 1.28. The number of carbonyl (C=O) groups is 1. The predicted octanol–water partition coefficient (Wildman–Crippen LogP) is 5.10. The molecule has 1 saturated carbocycles. The summed E-state index contributed by atoms with van der Waals surface area (Å²) >= 11 is 0. The predicted molar refractivity (Wildman–Crippen MR) is 127 cm³/mol. The fraction of sp³-hybridized carbons (Fsp3) is 0.630. The van der Waals surface area contributed by atoms with Crippen molar-refractivity contribution in [1.29, 1.82) is 0 Å². The highest BCUT2D eigenvalue weighted by Gasteiger charge is 2.43. The van der Waals surface area contributed by atoms with Gasteiger partial charge in [-0.2, -0.15) is 18.3 Å². The first kappa shape index (κ1) is 25.1. The summed E-state index contributed by atoms with van der Waals surface area (Å²) in [7, 11) is 2.96. The summed E-state index contributed by atoms with van der Waals surface area (Å²) in [5.41, 5.74) is 1.42. The number of esters is 1. The number of alkyl halides is 3. The van der Waals surface area contributed by atoms with Gasteiger partial charge in [-0.1, -0.05) is 19.1 Å². The molecule has 3 heterocycles. The van der Waals surface area contributed by atoms with Crippen LogP contribution in [0.5, 0.6) is 5.75 Å². The van der Waals surface area contributed by atoms with E-state index in [0.29, 0.717) is 19.0 Å². The molecule has 0 radical (unpaired) electrons. The Morgan fingerprint density at radius 1 is 1.25 bits per heavy atom. The standard InChI is InChI=1S/C27H34F3N3O3/c1-17(25(34)35-3)23(19-5-6-19)20-7-4-18-8-9-26(36-22(18)14-20)10-12-33(13-11-26)16-21-15-32(2)31-24(21)27(28,29)30/h4,7,14-15,17,19,23H,5-6,8-13,16H2,1-3H3. The third-order valence-corrected chi connectivity index (χ3v) is 8.23. The van der Waals surface area contributed by atoms with E-state index in [0.717, 1.165) is 49.8 Å². The number of halogens is 3. The second-order valence-corrected chi connectivity index (χ2v) is 10.8. The molecule has 2 atom stereocenters. The third kappa shape index (κ3) is 4.99. The highest BCUT2D eigenvalue weighted by Crippen LogP contribution is 2.49. The van der Waals surface area contributed by atoms with E-state index >= 15 is 0 Å². The van der Waals surface area contributed by atoms with Crippen molar-refractivity contribution in [1.82, 2.24) is 14.7 Å². The molecule has 0 amide bonds. The van der Waals surface area contributed by atoms with Gasteiger partial charge < -0.3 is 9.47 Å². The van der Waals surface area contributed by atoms with Gasteiger partial charge in [0.15, 0.2) is 5.69 Å². The Hall–Kier alpha value is -2.55. The van der Waals surface area contributed by atoms with E-state index in [1.807, 2.05) is 6.92 Å². The van der Waals surface area contributed by atoms with E-state index in [2.05, 4.69) is 28.2 Å². The van der Waals surface area contributed by atoms with Gasteiger partial charge >= 0.3 is 12.1 Å². The third-order valence-electron chi connectivity index (χ3n) is 8.23. The second-order valence-electron chi connectivity index (χ2n) is 10.8. The maximum absolute atomic E-state index is 13.4. The molecule has 6 nitrogen and oxygen atoms in total. The molecule has 0 N–H and O–H groups in total. The molecule has 1 aromatic carbocycles. The van der Waals surface area contributed by atoms with E-state index in [-0.39, 0.29) is 35.5 Å². The Kier molecular flexibility index (Phi) is 6.55. The minimum absolute atomic E-state index is 0.119. The summed E-state index contributed by atoms with van der Waals surface area (Å²) < 4.78 is 53.0. The van der Waals surface area contributed by atoms with Crippen LogP contribution in [0.15, 0.2) is 24.4 Å². The Morgan fingerprint density at radius 3 is 2.61 bits per heavy atom. The number of ether oxygens (including phenoxy) is 2. The van der Waals surface area contributed by atoms with E-state index in [4.69, 9.17) is 9.47 Å². The molecule has 1 saturated heterocycles. The normalized spacial score (nSPS) is 21.5. The summed E-state index contributed by atoms with van der Waals surface area (Å²) in [6.07, 6.45) is 2.60. The number of carbonyl (C=O) groups excluding carboxylic acids is 1. The molecule has 2 fully saturated rings. The van der Waals surface area contributed by atoms with Crippen LogP contribution in [0.1, 0.15) is 67.3 Å². The number of aromatic nitrogens is 2. The van der Waals surface area contributed by atoms with Gasteiger partial charge in [-0.25, -0.2) is 0 Å². The van der Waals surface area contributed by atoms with Crippen LogP contribution >= 0.6 is 0 Å². The number of hydrogen-bond donors (Lipinski definition) is 0. The number of nitrogens with zero attached hydrogens (tertiary/aromatic N) is 3. The Bertz CT molecular complexity index is 1120. The number of benzene rings is 1. The first-order valence-corrected chi connectivity index (χ1v) is 12.8. The molecule has 0 bridgehead atoms. The van der Waals surface area contributed by atoms with Crippen LogP contribution in [0, 0.1) is 11.8 Å². The second kappa shape index (κ2) is 9.39. The summed E-state index contributed by atoms with van der Waals surface area (Å²) in [4.78, 5) is 14.4. The van der Waals surface area contributed by atoms with Crippen molar-refractivity contribution >= 4 is 5.97 Å². The molecular weight excluding hydrogens is 471 g/mol. The fourth-order valence-corrected chi connectivity index (χ4v) is 6.09. The van der Waals surface area contributed by atoms with Gasteiger partial charge in [-0.3, -0.25) is 14.4 Å². The fourth-order valence-electron chi connectivity index (χ4n) is 6.09. The summed E-state index contributed by atoms with van der Waals surface area (Å²) in [5, 5.41) is 3.63. The quantitative estimate of drug-likeness (QED) is 0.512. The molecule has 1 aliphatic carbocycles. The van der Waals surface area contributed by atoms with Gasteiger partial charge in [0.05, 0.1) is 13.0 Å². The highest BCUT2D eigenvalue weighted by molar-refractivity contribution is 5.73. The number of aryl methyl sites for hydroxylation is 2. The average molecular weight is 506 g/mol. The molecule has 3 aliphatic rings. The van der Waals surface area contributed by atoms with Gasteiger partial charge in [0, 0.05) is 38.4 Å². The monoisotopic (exact) mass is 505 g/mol. The van der Waals surface area contributed by atoms with Gasteiger partial charge in [-0.15, -0.1) is 0 Å². The Morgan fingerprint density at radius 2 is 1.97 bits per heavy atom. The first-order chi connectivity index (χ1) is 17.1. The molecule has 1 spiro atoms. The van der Waals surface area contributed by atoms with Gasteiger partial charge in [0.2, 0.25) is 0 Å². The molecular formula is C27H34F3N3O3. The molecule has 36 heavy (non-hydrogen) atoms. The number of rotatable bonds is 6. The minimum Gasteiger partial charge on any atom is -0.487 e. The maximum atomic E-state index is 13.4. The topological polar surface area (TPSA) is 56.6 Å². The number of piperidine rings is 1. The van der Waals surface area contributed by atoms with Crippen molar-refractivity contribution in [3.63, 3.8) is 0 Å². The van der Waals surface area contributed by atoms with Crippen LogP contribution in [0.2, 0.25) is 0 Å². The van der Waals surface area contributed by atoms with Crippen molar-refractivity contribution in [2.24, 2.45) is 18.9 Å². The van der Waals surface area contributed by atoms with E-state index in [1.54, 1.807) is 0 Å². The zero-order chi connectivity index (χ0) is 25.7. The van der Waals surface area contributed by atoms with Crippen molar-refractivity contribution in [2.75, 3.05) is 20.2 Å². The van der Waals surface area contributed by atoms with E-state index < -0.39 is 11.9 Å². The lowest BCUT2D eigenvalue weighted by atomic mass is 9.80. The maximum Gasteiger partial charge on any atom is 0.435 e. The highest BCUT2D eigenvalue weighted by atomic mass is 19.4. The number of fused-ring (bicyclic) bond motifs is 1. The lowest BCUT2D eigenvalue weighted by Crippen LogP contribution is -2.49. The van der Waals surface area contributed by atoms with Crippen molar-refractivity contribution in [2.45, 2.75) is 69.7 Å². The smallest absolute Gasteiger partial charge is 0.435 e. The van der Waals surface area contributed by atoms with Gasteiger partial charge in [0.1, 0.15) is 11.4 Å². The summed E-state index contributed by atoms with van der Waals surface area (Å²) in [6, 6.07) is 6.39. The van der Waals surface area contributed by atoms with Crippen molar-refractivity contribution in [3.8, 4) is 5.75 Å². The van der Waals surface area contributed by atoms with Gasteiger partial charge in [0.25, 0.3) is 0 Å². The molecule has 9 heteroatoms. The van der Waals surface area contributed by atoms with Crippen LogP contribution in [0.25, 0.3) is 0 Å². The van der Waals surface area contributed by atoms with Crippen LogP contribution < -0.4 is 4.74 Å². The van der Waals surface area contributed by atoms with Crippen LogP contribution in [-0.2, 0) is 35.7 Å². The lowest BCUT2D eigenvalue weighted by molar-refractivity contribution is -0.146. The van der Waals surface area contributed by atoms with Crippen molar-refractivity contribution < 1.29 is 27.4 Å². The Labute approximate surface area is 209 Å². The summed E-state index contributed by atoms with van der Waals surface area (Å²) in [6.45, 7) is 3.52. The SMILES string of the molecule is COC(=O)C(C)C(c1ccc2c(c1)OC1(CC2)CCN(Cc2cn(C)nc2C(F)(F)F)CC1)C1CC1. The molecule has 2 aromatic rings. The lowest BCUT2D eigenvalue weighted by Gasteiger charge is -2.45. The van der Waals surface area contributed by atoms with Crippen LogP contribution in [-0.4, -0.2) is 46.5 Å². The van der Waals surface area contributed by atoms with E-state index in [1.165, 1.54) is 30.6 Å². The van der Waals surface area contributed by atoms with Gasteiger partial charge in [-0.05, 0) is 67.6 Å². The van der Waals surface area contributed by atoms with Crippen molar-refractivity contribution in [3.05, 3.63) is 46.8 Å². The first-order valence-electron chi connectivity index (χ1n) is 12.8. The number of hydrogen-bond acceptors (Lipinski definition) is 5. The number of likely N-dealkylation sites (tertiary alicyclic amines) is 1. The number of methoxy groups -OCH3 is 1. The molecule has 196 valence electrons. The average Bonchev–Trinajstić information content (AvgIpc) is 3.60.